The van der Waals surface area contributed by atoms with Crippen LogP contribution in [-0.4, -0.2) is 10.7 Å². The highest BCUT2D eigenvalue weighted by Gasteiger charge is 1.85. The molecule has 0 bridgehead atoms. The van der Waals surface area contributed by atoms with Crippen molar-refractivity contribution in [3.63, 3.8) is 0 Å². The molecule has 0 fully saturated rings. The molecule has 0 aromatic carbocycles. The minimum Gasteiger partial charge on any atom is -0.265 e. The number of hydrogen-bond acceptors (Lipinski definition) is 3. The molecule has 0 spiro atoms. The van der Waals surface area contributed by atoms with E-state index in [-0.39, 0.29) is 0 Å². The molecule has 0 saturated carbocycles. The molecule has 0 unspecified atom stereocenters. The molecule has 1 nitrogen and oxygen atoms in total. The molecule has 0 atom stereocenters. The summed E-state index contributed by atoms with van der Waals surface area (Å²) in [5, 5.41) is 2.12. The van der Waals surface area contributed by atoms with Crippen molar-refractivity contribution in [1.29, 1.82) is 0 Å². The van der Waals surface area contributed by atoms with Gasteiger partial charge in [0.25, 0.3) is 0 Å². The maximum Gasteiger partial charge on any atom is 0.0267 e. The molecule has 1 aliphatic heterocycles. The number of hydrogen-bond donors (Lipinski definition) is 0. The summed E-state index contributed by atoms with van der Waals surface area (Å²) >= 11 is 0. The van der Waals surface area contributed by atoms with Gasteiger partial charge in [0.15, 0.2) is 0 Å². The van der Waals surface area contributed by atoms with Gasteiger partial charge in [-0.3, -0.25) is 4.98 Å². The fourth-order valence-electron chi connectivity index (χ4n) is 0.509. The van der Waals surface area contributed by atoms with Crippen LogP contribution in [0.2, 0.25) is 0 Å². The summed E-state index contributed by atoms with van der Waals surface area (Å²) in [6.45, 7) is 0. The largest absolute Gasteiger partial charge is 0.265 e. The molecule has 0 saturated heterocycles. The summed E-state index contributed by atoms with van der Waals surface area (Å²) in [4.78, 5) is 3.78. The topological polar surface area (TPSA) is 12.9 Å². The first kappa shape index (κ1) is 8.68. The van der Waals surface area contributed by atoms with Crippen LogP contribution in [0.1, 0.15) is 0 Å². The van der Waals surface area contributed by atoms with Crippen molar-refractivity contribution in [1.82, 2.24) is 4.98 Å². The summed E-state index contributed by atoms with van der Waals surface area (Å²) in [6, 6.07) is 5.72. The highest BCUT2D eigenvalue weighted by Crippen LogP contribution is 2.27. The average molecular weight is 183 g/mol. The predicted molar refractivity (Wildman–Crippen MR) is 53.4 cm³/mol. The normalized spacial score (nSPS) is 13.8. The van der Waals surface area contributed by atoms with E-state index in [9.17, 15) is 0 Å². The predicted octanol–water partition coefficient (Wildman–Crippen LogP) is 2.98. The zero-order chi connectivity index (χ0) is 7.78. The molecule has 3 heteroatoms. The van der Waals surface area contributed by atoms with E-state index >= 15 is 0 Å². The fourth-order valence-corrected chi connectivity index (χ4v) is 2.08. The third-order valence-corrected chi connectivity index (χ3v) is 2.87. The maximum atomic E-state index is 3.78. The van der Waals surface area contributed by atoms with E-state index in [1.54, 1.807) is 12.4 Å². The monoisotopic (exact) mass is 183 g/mol. The summed E-state index contributed by atoms with van der Waals surface area (Å²) in [6.07, 6.45) is 5.66. The molecule has 1 aliphatic rings. The van der Waals surface area contributed by atoms with Gasteiger partial charge in [-0.2, -0.15) is 0 Å². The van der Waals surface area contributed by atoms with Gasteiger partial charge in [0.1, 0.15) is 0 Å². The minimum atomic E-state index is 1.20. The summed E-state index contributed by atoms with van der Waals surface area (Å²) in [5.41, 5.74) is 0. The Bertz CT molecular complexity index is 166. The Morgan fingerprint density at radius 3 is 2.09 bits per heavy atom. The van der Waals surface area contributed by atoms with Crippen LogP contribution in [-0.2, 0) is 0 Å². The van der Waals surface area contributed by atoms with Gasteiger partial charge in [-0.25, -0.2) is 0 Å². The molecule has 1 aromatic rings. The molecule has 0 aliphatic carbocycles. The highest BCUT2D eigenvalue weighted by molar-refractivity contribution is 8.78. The third kappa shape index (κ3) is 4.93. The standard InChI is InChI=1S/C5H5N.C3H4S2/c1-2-4-6-5-3-1;1-2-4-5-3-1/h1-5H;1-2H,3H2. The van der Waals surface area contributed by atoms with E-state index in [1.165, 1.54) is 5.75 Å². The third-order valence-electron chi connectivity index (χ3n) is 0.951. The van der Waals surface area contributed by atoms with Crippen LogP contribution in [0, 0.1) is 0 Å². The average Bonchev–Trinajstić information content (AvgIpc) is 2.64. The molecular weight excluding hydrogens is 174 g/mol. The number of rotatable bonds is 0. The van der Waals surface area contributed by atoms with E-state index in [4.69, 9.17) is 0 Å². The second kappa shape index (κ2) is 6.31. The Morgan fingerprint density at radius 1 is 1.09 bits per heavy atom. The van der Waals surface area contributed by atoms with Crippen LogP contribution >= 0.6 is 21.6 Å². The van der Waals surface area contributed by atoms with Crippen molar-refractivity contribution in [2.45, 2.75) is 0 Å². The number of pyridine rings is 1. The molecule has 1 aromatic heterocycles. The molecule has 11 heavy (non-hydrogen) atoms. The van der Waals surface area contributed by atoms with Crippen LogP contribution in [0.5, 0.6) is 0 Å². The van der Waals surface area contributed by atoms with Gasteiger partial charge in [0.05, 0.1) is 0 Å². The van der Waals surface area contributed by atoms with Gasteiger partial charge in [-0.1, -0.05) is 33.7 Å². The summed E-state index contributed by atoms with van der Waals surface area (Å²) < 4.78 is 0. The zero-order valence-corrected chi connectivity index (χ0v) is 7.65. The van der Waals surface area contributed by atoms with Gasteiger partial charge in [0.2, 0.25) is 0 Å². The Hall–Kier alpha value is -0.410. The van der Waals surface area contributed by atoms with Crippen LogP contribution < -0.4 is 0 Å². The Morgan fingerprint density at radius 2 is 1.91 bits per heavy atom. The lowest BCUT2D eigenvalue weighted by Gasteiger charge is -1.70. The van der Waals surface area contributed by atoms with E-state index in [1.807, 2.05) is 39.8 Å². The van der Waals surface area contributed by atoms with Gasteiger partial charge in [-0.05, 0) is 17.5 Å². The van der Waals surface area contributed by atoms with Crippen LogP contribution in [0.25, 0.3) is 0 Å². The maximum absolute atomic E-state index is 3.78. The molecule has 58 valence electrons. The zero-order valence-electron chi connectivity index (χ0n) is 6.01. The first-order chi connectivity index (χ1) is 5.50. The molecule has 2 heterocycles. The highest BCUT2D eigenvalue weighted by atomic mass is 33.1. The second-order valence-electron chi connectivity index (χ2n) is 1.78. The van der Waals surface area contributed by atoms with Crippen molar-refractivity contribution < 1.29 is 0 Å². The van der Waals surface area contributed by atoms with Gasteiger partial charge in [0, 0.05) is 18.1 Å². The van der Waals surface area contributed by atoms with Crippen molar-refractivity contribution >= 4 is 21.6 Å². The van der Waals surface area contributed by atoms with Crippen molar-refractivity contribution in [2.75, 3.05) is 5.75 Å². The van der Waals surface area contributed by atoms with Crippen molar-refractivity contribution in [3.8, 4) is 0 Å². The van der Waals surface area contributed by atoms with Gasteiger partial charge >= 0.3 is 0 Å². The Labute approximate surface area is 74.7 Å². The fraction of sp³-hybridized carbons (Fsp3) is 0.125. The lowest BCUT2D eigenvalue weighted by atomic mass is 10.5. The number of aromatic nitrogens is 1. The van der Waals surface area contributed by atoms with Crippen LogP contribution in [0.15, 0.2) is 42.1 Å². The molecule has 0 radical (unpaired) electrons. The lowest BCUT2D eigenvalue weighted by Crippen LogP contribution is -1.58. The van der Waals surface area contributed by atoms with Crippen LogP contribution in [0.3, 0.4) is 0 Å². The summed E-state index contributed by atoms with van der Waals surface area (Å²) in [5.74, 6) is 1.20. The smallest absolute Gasteiger partial charge is 0.0267 e. The van der Waals surface area contributed by atoms with Crippen molar-refractivity contribution in [2.24, 2.45) is 0 Å². The SMILES string of the molecule is C1=CSSC1.c1ccncc1. The van der Waals surface area contributed by atoms with Gasteiger partial charge in [-0.15, -0.1) is 0 Å². The molecule has 0 amide bonds. The second-order valence-corrected chi connectivity index (χ2v) is 4.10. The van der Waals surface area contributed by atoms with E-state index < -0.39 is 0 Å². The quantitative estimate of drug-likeness (QED) is 0.574. The molecule has 2 rings (SSSR count). The van der Waals surface area contributed by atoms with Crippen LogP contribution in [0.4, 0.5) is 0 Å². The van der Waals surface area contributed by atoms with Crippen molar-refractivity contribution in [3.05, 3.63) is 42.1 Å². The minimum absolute atomic E-state index is 1.20. The first-order valence-electron chi connectivity index (χ1n) is 3.28. The molecule has 0 N–H and O–H groups in total. The van der Waals surface area contributed by atoms with E-state index in [2.05, 4.69) is 16.5 Å². The van der Waals surface area contributed by atoms with E-state index in [0.717, 1.165) is 0 Å². The summed E-state index contributed by atoms with van der Waals surface area (Å²) in [7, 11) is 3.69. The van der Waals surface area contributed by atoms with Gasteiger partial charge < -0.3 is 0 Å². The Kier molecular flexibility index (Phi) is 4.98. The lowest BCUT2D eigenvalue weighted by molar-refractivity contribution is 1.33. The first-order valence-corrected chi connectivity index (χ1v) is 5.66. The van der Waals surface area contributed by atoms with E-state index in [0.29, 0.717) is 0 Å². The molecular formula is C8H9NS2. The Balaban J connectivity index is 0.000000112. The number of nitrogens with zero attached hydrogens (tertiary/aromatic N) is 1.